The number of hydrogen-bond donors (Lipinski definition) is 11. The molecule has 18 nitrogen and oxygen atoms in total. The predicted octanol–water partition coefficient (Wildman–Crippen LogP) is 0.657. The van der Waals surface area contributed by atoms with Crippen LogP contribution in [-0.4, -0.2) is 103 Å². The summed E-state index contributed by atoms with van der Waals surface area (Å²) in [5.74, 6) is -2.82. The summed E-state index contributed by atoms with van der Waals surface area (Å²) in [4.78, 5) is 58.2. The smallest absolute Gasteiger partial charge is 0.320 e. The van der Waals surface area contributed by atoms with Gasteiger partial charge < -0.3 is 59.9 Å². The molecule has 0 unspecified atom stereocenters. The molecule has 0 aromatic rings. The van der Waals surface area contributed by atoms with Crippen LogP contribution in [0.15, 0.2) is 9.98 Å². The molecule has 286 valence electrons. The van der Waals surface area contributed by atoms with Crippen LogP contribution < -0.4 is 34.4 Å². The molecule has 3 atom stereocenters. The summed E-state index contributed by atoms with van der Waals surface area (Å²) in [6.07, 6.45) is 11.3. The highest BCUT2D eigenvalue weighted by Gasteiger charge is 2.23. The molecule has 1 rings (SSSR count). The van der Waals surface area contributed by atoms with Crippen molar-refractivity contribution >= 4 is 63.4 Å². The molecule has 0 saturated carbocycles. The van der Waals surface area contributed by atoms with Crippen molar-refractivity contribution in [3.8, 4) is 0 Å². The van der Waals surface area contributed by atoms with Crippen LogP contribution in [0.2, 0.25) is 0 Å². The molecule has 17 N–H and O–H groups in total. The zero-order valence-corrected chi connectivity index (χ0v) is 29.9. The van der Waals surface area contributed by atoms with E-state index in [1.165, 1.54) is 29.4 Å². The van der Waals surface area contributed by atoms with Crippen LogP contribution in [0.3, 0.4) is 0 Å². The molecule has 49 heavy (non-hydrogen) atoms. The molecule has 0 aromatic heterocycles. The van der Waals surface area contributed by atoms with Gasteiger partial charge in [-0.3, -0.25) is 34.0 Å². The van der Waals surface area contributed by atoms with Crippen LogP contribution in [-0.2, 0) is 34.8 Å². The van der Waals surface area contributed by atoms with Crippen LogP contribution in [0.25, 0.3) is 0 Å². The van der Waals surface area contributed by atoms with Crippen LogP contribution >= 0.6 is 10.8 Å². The normalized spacial score (nSPS) is 14.1. The van der Waals surface area contributed by atoms with Gasteiger partial charge in [-0.1, -0.05) is 25.7 Å². The molecular weight excluding hydrogens is 684 g/mol. The molecule has 0 aromatic carbocycles. The number of nitrogens with zero attached hydrogens (tertiary/aromatic N) is 2. The fraction of sp³-hybridized carbons (Fsp3) is 0.759. The van der Waals surface area contributed by atoms with E-state index in [4.69, 9.17) is 59.9 Å². The lowest BCUT2D eigenvalue weighted by Gasteiger charge is -2.03. The third-order valence-corrected chi connectivity index (χ3v) is 9.53. The Balaban J connectivity index is -0.000000576. The van der Waals surface area contributed by atoms with Gasteiger partial charge in [-0.25, -0.2) is 0 Å². The maximum Gasteiger partial charge on any atom is 0.320 e. The fourth-order valence-corrected chi connectivity index (χ4v) is 6.92. The highest BCUT2D eigenvalue weighted by atomic mass is 33.1. The number of guanidine groups is 2. The molecule has 0 aliphatic carbocycles. The second-order valence-corrected chi connectivity index (χ2v) is 13.8. The first-order valence-electron chi connectivity index (χ1n) is 16.0. The minimum atomic E-state index is -1.00. The standard InChI is InChI=1S/C9H16O4.C8H14O2S2.2C6H14N4O2/c10-8(11)6-4-2-1-3-5-7-9(12)13;9-8(10)4-2-1-3-7-5-6-11-12-7;2*7-4(5(11)12)2-1-3-10-6(8)9/h1-7H2,(H,10,11)(H,12,13);7H,1-6H2,(H,9,10);2*4H,1-3,7H2,(H,11,12)(H4,8,9,10)/p+1/t;7-;2*4-/m.100/s1. The maximum absolute atomic E-state index is 10.2. The Hall–Kier alpha value is -3.49. The molecule has 0 radical (unpaired) electrons. The van der Waals surface area contributed by atoms with E-state index >= 15 is 0 Å². The van der Waals surface area contributed by atoms with Gasteiger partial charge in [0.2, 0.25) is 0 Å². The Labute approximate surface area is 295 Å². The molecule has 0 amide bonds. The van der Waals surface area contributed by atoms with Gasteiger partial charge in [-0.05, 0) is 51.4 Å². The van der Waals surface area contributed by atoms with E-state index < -0.39 is 41.9 Å². The Bertz CT molecular complexity index is 921. The van der Waals surface area contributed by atoms with E-state index in [1.807, 2.05) is 10.8 Å². The second kappa shape index (κ2) is 34.4. The number of nitrogens with two attached hydrogens (primary N) is 6. The van der Waals surface area contributed by atoms with Gasteiger partial charge >= 0.3 is 29.8 Å². The first-order chi connectivity index (χ1) is 23.0. The van der Waals surface area contributed by atoms with E-state index in [9.17, 15) is 24.0 Å². The van der Waals surface area contributed by atoms with Crippen molar-refractivity contribution in [2.24, 2.45) is 44.4 Å². The summed E-state index contributed by atoms with van der Waals surface area (Å²) in [7, 11) is 3.55. The monoisotopic (exact) mass is 743 g/mol. The van der Waals surface area contributed by atoms with Crippen LogP contribution in [0.5, 0.6) is 0 Å². The molecule has 0 spiro atoms. The van der Waals surface area contributed by atoms with Crippen molar-refractivity contribution < 1.29 is 49.5 Å². The van der Waals surface area contributed by atoms with Gasteiger partial charge in [-0.15, -0.1) is 0 Å². The van der Waals surface area contributed by atoms with Crippen LogP contribution in [0.4, 0.5) is 0 Å². The molecule has 1 aliphatic rings. The quantitative estimate of drug-likeness (QED) is 0.0171. The van der Waals surface area contributed by atoms with Crippen molar-refractivity contribution in [3.63, 3.8) is 0 Å². The van der Waals surface area contributed by atoms with Gasteiger partial charge in [0, 0.05) is 49.6 Å². The highest BCUT2D eigenvalue weighted by molar-refractivity contribution is 8.67. The number of unbranched alkanes of at least 4 members (excludes halogenated alkanes) is 5. The largest absolute Gasteiger partial charge is 0.481 e. The van der Waals surface area contributed by atoms with Crippen molar-refractivity contribution in [2.45, 2.75) is 120 Å². The number of carboxylic acids is 5. The van der Waals surface area contributed by atoms with E-state index in [2.05, 4.69) is 9.98 Å². The summed E-state index contributed by atoms with van der Waals surface area (Å²) < 4.78 is 0. The first-order valence-corrected chi connectivity index (χ1v) is 18.6. The maximum atomic E-state index is 10.2. The van der Waals surface area contributed by atoms with Gasteiger partial charge in [0.1, 0.15) is 17.8 Å². The van der Waals surface area contributed by atoms with Gasteiger partial charge in [-0.2, -0.15) is 0 Å². The Kier molecular flexibility index (Phi) is 35.0. The van der Waals surface area contributed by atoms with E-state index in [1.54, 1.807) is 0 Å². The van der Waals surface area contributed by atoms with Gasteiger partial charge in [0.05, 0.1) is 16.0 Å². The predicted molar refractivity (Wildman–Crippen MR) is 194 cm³/mol. The summed E-state index contributed by atoms with van der Waals surface area (Å²) >= 11 is 0. The number of aliphatic imine (C=N–C) groups is 2. The van der Waals surface area contributed by atoms with E-state index in [0.29, 0.717) is 58.0 Å². The van der Waals surface area contributed by atoms with Crippen LogP contribution in [0, 0.1) is 0 Å². The third-order valence-electron chi connectivity index (χ3n) is 6.28. The van der Waals surface area contributed by atoms with Crippen molar-refractivity contribution in [2.75, 3.05) is 18.8 Å². The van der Waals surface area contributed by atoms with E-state index in [-0.39, 0.29) is 24.8 Å². The molecular formula is C29H59N8O10S2+. The number of thiol groups is 1. The molecule has 1 aliphatic heterocycles. The summed E-state index contributed by atoms with van der Waals surface area (Å²) in [5.41, 5.74) is 30.6. The highest BCUT2D eigenvalue weighted by Crippen LogP contribution is 2.29. The summed E-state index contributed by atoms with van der Waals surface area (Å²) in [6, 6.07) is -1.64. The zero-order valence-electron chi connectivity index (χ0n) is 28.2. The lowest BCUT2D eigenvalue weighted by molar-refractivity contribution is -0.139. The molecule has 1 heterocycles. The van der Waals surface area contributed by atoms with Crippen molar-refractivity contribution in [3.05, 3.63) is 0 Å². The van der Waals surface area contributed by atoms with E-state index in [0.717, 1.165) is 37.4 Å². The van der Waals surface area contributed by atoms with Crippen LogP contribution in [0.1, 0.15) is 103 Å². The van der Waals surface area contributed by atoms with Gasteiger partial charge in [0.25, 0.3) is 0 Å². The Morgan fingerprint density at radius 2 is 0.980 bits per heavy atom. The fourth-order valence-electron chi connectivity index (χ4n) is 3.62. The molecule has 1 fully saturated rings. The second-order valence-electron chi connectivity index (χ2n) is 10.9. The van der Waals surface area contributed by atoms with Crippen molar-refractivity contribution in [1.29, 1.82) is 0 Å². The number of carboxylic acid groups (broad SMARTS) is 5. The first kappa shape index (κ1) is 49.9. The summed E-state index contributed by atoms with van der Waals surface area (Å²) in [6.45, 7) is 0.840. The SMILES string of the molecule is NC(N)=NCCC[C@H](N)C(=O)O.NC(N)=NCCC[C@H](N)C(=O)O.O=C(O)CCCCCCCC(=O)O.O=C(O)CCCC[C@@H]1CC[SH+]S1. The lowest BCUT2D eigenvalue weighted by Crippen LogP contribution is -2.30. The zero-order chi connectivity index (χ0) is 38.0. The number of hydrogen-bond acceptors (Lipinski definition) is 10. The number of aliphatic carboxylic acids is 5. The third kappa shape index (κ3) is 44.5. The molecule has 20 heteroatoms. The number of rotatable bonds is 23. The Morgan fingerprint density at radius 1 is 0.612 bits per heavy atom. The Morgan fingerprint density at radius 3 is 1.29 bits per heavy atom. The van der Waals surface area contributed by atoms with Gasteiger partial charge in [0.15, 0.2) is 11.9 Å². The molecule has 0 bridgehead atoms. The molecule has 1 saturated heterocycles. The minimum absolute atomic E-state index is 0.0129. The number of carbonyl (C=O) groups is 5. The topological polar surface area (TPSA) is 367 Å². The minimum Gasteiger partial charge on any atom is -0.481 e. The lowest BCUT2D eigenvalue weighted by atomic mass is 10.1. The average Bonchev–Trinajstić information content (AvgIpc) is 3.53. The average molecular weight is 744 g/mol. The summed E-state index contributed by atoms with van der Waals surface area (Å²) in [5, 5.41) is 42.6. The van der Waals surface area contributed by atoms with Crippen molar-refractivity contribution in [1.82, 2.24) is 0 Å².